The van der Waals surface area contributed by atoms with Crippen molar-refractivity contribution < 1.29 is 23.7 Å². The standard InChI is InChI=1S/C13H9.C4H10N.C2H5O.CH3.CH2.2ClH.Zr/c1-3-7-12-10(5-1)9-11-6-2-4-8-13(11)12;1-4(2,3)5;1-2-3;;;;;/h1-9H;5H,1-3H3;3H,1-2H2;1H3;1H2;2*1H;/q;-1;;;;;;+1. The van der Waals surface area contributed by atoms with Crippen molar-refractivity contribution in [3.8, 4) is 11.1 Å². The molecule has 5 heteroatoms. The zero-order valence-corrected chi connectivity index (χ0v) is 20.2. The molecular weight excluding hydrogens is 444 g/mol. The molecule has 0 heterocycles. The van der Waals surface area contributed by atoms with Crippen LogP contribution in [0.15, 0.2) is 48.5 Å². The number of nitrogens with one attached hydrogen (secondary N) is 1. The molecule has 0 atom stereocenters. The van der Waals surface area contributed by atoms with Crippen molar-refractivity contribution in [2.45, 2.75) is 38.7 Å². The Bertz CT molecular complexity index is 798. The molecule has 26 heavy (non-hydrogen) atoms. The number of fused-ring (bicyclic) bond motifs is 3. The van der Waals surface area contributed by atoms with Crippen LogP contribution in [-0.4, -0.2) is 21.5 Å². The molecule has 3 rings (SSSR count). The normalized spacial score (nSPS) is 14.1. The summed E-state index contributed by atoms with van der Waals surface area (Å²) in [6.45, 7) is 6.81. The third-order valence-corrected chi connectivity index (χ3v) is 18.6. The molecule has 0 amide bonds. The summed E-state index contributed by atoms with van der Waals surface area (Å²) in [7, 11) is 0. The summed E-state index contributed by atoms with van der Waals surface area (Å²) in [6, 6.07) is 17.4. The molecule has 0 aromatic heterocycles. The maximum atomic E-state index is 9.89. The molecule has 0 saturated heterocycles. The Morgan fingerprint density at radius 1 is 0.962 bits per heavy atom. The minimum absolute atomic E-state index is 0. The molecule has 0 bridgehead atoms. The Labute approximate surface area is 171 Å². The van der Waals surface area contributed by atoms with Gasteiger partial charge in [-0.25, -0.2) is 0 Å². The van der Waals surface area contributed by atoms with E-state index < -0.39 is 18.6 Å². The predicted octanol–water partition coefficient (Wildman–Crippen LogP) is 5.48. The second-order valence-electron chi connectivity index (χ2n) is 8.86. The van der Waals surface area contributed by atoms with Gasteiger partial charge >= 0.3 is 147 Å². The Morgan fingerprint density at radius 2 is 1.38 bits per heavy atom. The first-order valence-electron chi connectivity index (χ1n) is 8.79. The number of aliphatic hydroxyl groups is 1. The first-order valence-corrected chi connectivity index (χ1v) is 17.4. The van der Waals surface area contributed by atoms with Crippen LogP contribution < -0.4 is 3.26 Å². The summed E-state index contributed by atoms with van der Waals surface area (Å²) >= 11 is -3.78. The molecule has 0 aliphatic heterocycles. The molecule has 2 aromatic carbocycles. The van der Waals surface area contributed by atoms with Crippen molar-refractivity contribution in [3.05, 3.63) is 59.7 Å². The van der Waals surface area contributed by atoms with Crippen LogP contribution in [0.25, 0.3) is 11.1 Å². The fourth-order valence-corrected chi connectivity index (χ4v) is 18.9. The number of halogens is 2. The summed E-state index contributed by atoms with van der Waals surface area (Å²) in [4.78, 5) is 0. The van der Waals surface area contributed by atoms with Crippen LogP contribution in [0.4, 0.5) is 0 Å². The molecule has 1 aliphatic carbocycles. The second kappa shape index (κ2) is 7.97. The van der Waals surface area contributed by atoms with E-state index in [0.717, 1.165) is 4.13 Å². The second-order valence-corrected chi connectivity index (χ2v) is 23.9. The first kappa shape index (κ1) is 23.7. The van der Waals surface area contributed by atoms with E-state index in [1.807, 2.05) is 0 Å². The van der Waals surface area contributed by atoms with Crippen LogP contribution in [-0.2, 0) is 18.6 Å². The van der Waals surface area contributed by atoms with Crippen LogP contribution in [0, 0.1) is 0 Å². The fourth-order valence-electron chi connectivity index (χ4n) is 4.77. The molecule has 2 aromatic rings. The summed E-state index contributed by atoms with van der Waals surface area (Å²) < 4.78 is 12.3. The zero-order valence-electron chi connectivity index (χ0n) is 16.1. The van der Waals surface area contributed by atoms with E-state index in [-0.39, 0.29) is 37.0 Å². The Kier molecular flexibility index (Phi) is 7.28. The average molecular weight is 476 g/mol. The van der Waals surface area contributed by atoms with Gasteiger partial charge in [-0.15, -0.1) is 24.8 Å². The van der Waals surface area contributed by atoms with E-state index in [9.17, 15) is 5.11 Å². The summed E-state index contributed by atoms with van der Waals surface area (Å²) in [6.07, 6.45) is 0. The van der Waals surface area contributed by atoms with E-state index >= 15 is 0 Å². The van der Waals surface area contributed by atoms with Crippen molar-refractivity contribution >= 4 is 29.0 Å². The van der Waals surface area contributed by atoms with Crippen LogP contribution in [0.2, 0.25) is 8.76 Å². The van der Waals surface area contributed by atoms with Crippen molar-refractivity contribution in [3.63, 3.8) is 0 Å². The van der Waals surface area contributed by atoms with Gasteiger partial charge in [0.25, 0.3) is 0 Å². The van der Waals surface area contributed by atoms with Gasteiger partial charge in [0, 0.05) is 0 Å². The number of benzene rings is 2. The van der Waals surface area contributed by atoms with Gasteiger partial charge in [0.05, 0.1) is 0 Å². The van der Waals surface area contributed by atoms with Crippen LogP contribution in [0.1, 0.15) is 35.5 Å². The van der Waals surface area contributed by atoms with Crippen molar-refractivity contribution in [2.75, 3.05) is 6.61 Å². The molecule has 1 aliphatic rings. The minimum atomic E-state index is -3.78. The third kappa shape index (κ3) is 4.23. The van der Waals surface area contributed by atoms with E-state index in [4.69, 9.17) is 4.21 Å². The van der Waals surface area contributed by atoms with E-state index in [1.165, 1.54) is 22.3 Å². The monoisotopic (exact) mass is 473 g/mol. The van der Waals surface area contributed by atoms with Crippen LogP contribution >= 0.6 is 24.8 Å². The fraction of sp³-hybridized carbons (Fsp3) is 0.381. The van der Waals surface area contributed by atoms with Crippen LogP contribution in [0.3, 0.4) is 0 Å². The average Bonchev–Trinajstić information content (AvgIpc) is 2.80. The van der Waals surface area contributed by atoms with Gasteiger partial charge in [-0.3, -0.25) is 0 Å². The number of rotatable bonds is 4. The molecule has 0 fully saturated rings. The number of hydrogen-bond donors (Lipinski definition) is 2. The quantitative estimate of drug-likeness (QED) is 0.614. The van der Waals surface area contributed by atoms with Gasteiger partial charge in [-0.1, -0.05) is 0 Å². The predicted molar refractivity (Wildman–Crippen MR) is 116 cm³/mol. The molecule has 0 radical (unpaired) electrons. The zero-order chi connectivity index (χ0) is 17.6. The van der Waals surface area contributed by atoms with E-state index in [2.05, 4.69) is 77.2 Å². The Morgan fingerprint density at radius 3 is 1.77 bits per heavy atom. The van der Waals surface area contributed by atoms with Gasteiger partial charge in [0.15, 0.2) is 0 Å². The Balaban J connectivity index is 0.00000169. The van der Waals surface area contributed by atoms with Gasteiger partial charge in [0.1, 0.15) is 0 Å². The molecule has 2 N–H and O–H groups in total. The third-order valence-electron chi connectivity index (χ3n) is 5.23. The molecule has 0 unspecified atom stereocenters. The van der Waals surface area contributed by atoms with Gasteiger partial charge in [-0.2, -0.15) is 0 Å². The summed E-state index contributed by atoms with van der Waals surface area (Å²) in [5, 5.41) is 9.89. The molecule has 144 valence electrons. The molecule has 0 spiro atoms. The molecule has 0 saturated carbocycles. The van der Waals surface area contributed by atoms with Crippen molar-refractivity contribution in [2.24, 2.45) is 0 Å². The number of aliphatic hydroxyl groups excluding tert-OH is 1. The first-order chi connectivity index (χ1) is 11.1. The SMILES string of the molecule is Cl.Cl.[CH2]=[Zr]([CH3])([CH2]CO)([NH]C(C)(C)C)[CH]1c2ccccc2-c2ccccc21. The maximum absolute atomic E-state index is 9.89. The molecular formula is C21H31Cl2NOZr. The van der Waals surface area contributed by atoms with Crippen molar-refractivity contribution in [1.29, 1.82) is 0 Å². The van der Waals surface area contributed by atoms with Crippen molar-refractivity contribution in [1.82, 2.24) is 3.26 Å². The number of hydrogen-bond acceptors (Lipinski definition) is 2. The van der Waals surface area contributed by atoms with Gasteiger partial charge in [-0.05, 0) is 0 Å². The summed E-state index contributed by atoms with van der Waals surface area (Å²) in [5.41, 5.74) is 5.40. The van der Waals surface area contributed by atoms with Crippen LogP contribution in [0.5, 0.6) is 0 Å². The van der Waals surface area contributed by atoms with Gasteiger partial charge < -0.3 is 0 Å². The topological polar surface area (TPSA) is 32.3 Å². The van der Waals surface area contributed by atoms with E-state index in [0.29, 0.717) is 3.63 Å². The molecule has 2 nitrogen and oxygen atoms in total. The van der Waals surface area contributed by atoms with E-state index in [1.54, 1.807) is 0 Å². The van der Waals surface area contributed by atoms with Gasteiger partial charge in [0.2, 0.25) is 0 Å². The summed E-state index contributed by atoms with van der Waals surface area (Å²) in [5.74, 6) is 0. The Hall–Kier alpha value is -0.307.